The summed E-state index contributed by atoms with van der Waals surface area (Å²) in [4.78, 5) is 11.5. The molecule has 2 aliphatic carbocycles. The van der Waals surface area contributed by atoms with Gasteiger partial charge in [0.2, 0.25) is 0 Å². The molecule has 168 valence electrons. The Balaban J connectivity index is 1.82. The third-order valence-corrected chi connectivity index (χ3v) is 8.04. The zero-order chi connectivity index (χ0) is 21.8. The number of carbonyl (C=O) groups is 1. The number of fused-ring (bicyclic) bond motifs is 1. The zero-order valence-electron chi connectivity index (χ0n) is 18.9. The van der Waals surface area contributed by atoms with Crippen molar-refractivity contribution in [2.75, 3.05) is 13.7 Å². The van der Waals surface area contributed by atoms with Crippen molar-refractivity contribution < 1.29 is 19.7 Å². The summed E-state index contributed by atoms with van der Waals surface area (Å²) in [6, 6.07) is 5.89. The van der Waals surface area contributed by atoms with Crippen LogP contribution in [0.25, 0.3) is 0 Å². The molecule has 0 spiro atoms. The van der Waals surface area contributed by atoms with E-state index in [-0.39, 0.29) is 29.4 Å². The molecule has 30 heavy (non-hydrogen) atoms. The molecule has 3 rings (SSSR count). The molecular weight excluding hydrogens is 378 g/mol. The number of hydrogen-bond donors (Lipinski definition) is 3. The summed E-state index contributed by atoms with van der Waals surface area (Å²) in [5.74, 6) is -0.359. The quantitative estimate of drug-likeness (QED) is 0.538. The van der Waals surface area contributed by atoms with Crippen LogP contribution in [0.3, 0.4) is 0 Å². The normalized spacial score (nSPS) is 24.9. The Kier molecular flexibility index (Phi) is 7.46. The Hall–Kier alpha value is -1.59. The highest BCUT2D eigenvalue weighted by atomic mass is 16.5. The fourth-order valence-electron chi connectivity index (χ4n) is 6.31. The van der Waals surface area contributed by atoms with Gasteiger partial charge in [0.1, 0.15) is 5.75 Å². The highest BCUT2D eigenvalue weighted by molar-refractivity contribution is 5.67. The van der Waals surface area contributed by atoms with E-state index in [1.54, 1.807) is 13.2 Å². The number of carboxylic acid groups (broad SMARTS) is 1. The monoisotopic (exact) mass is 417 g/mol. The van der Waals surface area contributed by atoms with Gasteiger partial charge in [-0.15, -0.1) is 0 Å². The van der Waals surface area contributed by atoms with Gasteiger partial charge in [-0.05, 0) is 67.3 Å². The Morgan fingerprint density at radius 1 is 1.20 bits per heavy atom. The Morgan fingerprint density at radius 2 is 1.90 bits per heavy atom. The summed E-state index contributed by atoms with van der Waals surface area (Å²) in [5.41, 5.74) is 2.30. The number of phenolic OH excluding ortho intramolecular Hbond substituents is 1. The Morgan fingerprint density at radius 3 is 2.50 bits per heavy atom. The number of aliphatic carboxylic acids is 1. The van der Waals surface area contributed by atoms with Crippen LogP contribution in [0.15, 0.2) is 18.2 Å². The number of hydrogen-bond acceptors (Lipinski definition) is 4. The average molecular weight is 418 g/mol. The number of rotatable bonds is 9. The van der Waals surface area contributed by atoms with E-state index in [4.69, 9.17) is 4.74 Å². The lowest BCUT2D eigenvalue weighted by atomic mass is 9.62. The lowest BCUT2D eigenvalue weighted by Crippen LogP contribution is -2.59. The van der Waals surface area contributed by atoms with E-state index in [2.05, 4.69) is 19.2 Å². The predicted molar refractivity (Wildman–Crippen MR) is 119 cm³/mol. The average Bonchev–Trinajstić information content (AvgIpc) is 2.73. The third-order valence-electron chi connectivity index (χ3n) is 8.04. The van der Waals surface area contributed by atoms with Crippen molar-refractivity contribution in [3.05, 3.63) is 29.3 Å². The van der Waals surface area contributed by atoms with Crippen LogP contribution in [0.4, 0.5) is 0 Å². The van der Waals surface area contributed by atoms with Gasteiger partial charge in [0.15, 0.2) is 0 Å². The van der Waals surface area contributed by atoms with Crippen LogP contribution in [-0.2, 0) is 21.4 Å². The third kappa shape index (κ3) is 4.52. The molecule has 0 amide bonds. The maximum Gasteiger partial charge on any atom is 0.303 e. The van der Waals surface area contributed by atoms with Gasteiger partial charge < -0.3 is 20.3 Å². The molecule has 0 heterocycles. The largest absolute Gasteiger partial charge is 0.508 e. The first-order valence-corrected chi connectivity index (χ1v) is 11.7. The van der Waals surface area contributed by atoms with Crippen molar-refractivity contribution in [2.45, 2.75) is 95.6 Å². The van der Waals surface area contributed by atoms with Crippen molar-refractivity contribution in [3.8, 4) is 5.75 Å². The Labute approximate surface area is 181 Å². The highest BCUT2D eigenvalue weighted by Gasteiger charge is 2.47. The van der Waals surface area contributed by atoms with Crippen LogP contribution in [0, 0.1) is 5.41 Å². The molecule has 0 aliphatic heterocycles. The minimum atomic E-state index is -0.676. The SMILES string of the molecule is CCC1(CC)c2cc(O)ccc2CC(OC)C1NCCC1(CC(=O)O)CCCCC1. The molecule has 5 heteroatoms. The molecule has 2 aliphatic rings. The molecule has 0 bridgehead atoms. The van der Waals surface area contributed by atoms with E-state index in [1.165, 1.54) is 17.5 Å². The maximum absolute atomic E-state index is 11.5. The first-order valence-electron chi connectivity index (χ1n) is 11.7. The van der Waals surface area contributed by atoms with Crippen LogP contribution in [0.5, 0.6) is 5.75 Å². The first kappa shape index (κ1) is 23.1. The number of methoxy groups -OCH3 is 1. The topological polar surface area (TPSA) is 78.8 Å². The summed E-state index contributed by atoms with van der Waals surface area (Å²) in [5, 5.41) is 23.5. The van der Waals surface area contributed by atoms with Crippen molar-refractivity contribution in [2.24, 2.45) is 5.41 Å². The van der Waals surface area contributed by atoms with Gasteiger partial charge in [0.25, 0.3) is 0 Å². The molecule has 2 unspecified atom stereocenters. The number of ether oxygens (including phenoxy) is 1. The van der Waals surface area contributed by atoms with E-state index in [0.29, 0.717) is 5.75 Å². The second-order valence-electron chi connectivity index (χ2n) is 9.50. The standard InChI is InChI=1S/C25H39NO4/c1-4-25(5-2)20-16-19(27)10-9-18(20)15-21(30-3)23(25)26-14-13-24(17-22(28)29)11-7-6-8-12-24/h9-10,16,21,23,26-27H,4-8,11-15,17H2,1-3H3,(H,28,29). The number of aromatic hydroxyl groups is 1. The number of nitrogens with one attached hydrogen (secondary N) is 1. The lowest BCUT2D eigenvalue weighted by Gasteiger charge is -2.49. The molecule has 0 saturated heterocycles. The summed E-state index contributed by atoms with van der Waals surface area (Å²) in [7, 11) is 1.79. The van der Waals surface area contributed by atoms with E-state index < -0.39 is 5.97 Å². The summed E-state index contributed by atoms with van der Waals surface area (Å²) >= 11 is 0. The van der Waals surface area contributed by atoms with Crippen LogP contribution in [0.2, 0.25) is 0 Å². The highest BCUT2D eigenvalue weighted by Crippen LogP contribution is 2.46. The molecule has 1 fully saturated rings. The smallest absolute Gasteiger partial charge is 0.303 e. The van der Waals surface area contributed by atoms with Gasteiger partial charge in [0, 0.05) is 25.0 Å². The number of phenols is 1. The van der Waals surface area contributed by atoms with Crippen LogP contribution in [-0.4, -0.2) is 42.0 Å². The maximum atomic E-state index is 11.5. The molecule has 3 N–H and O–H groups in total. The molecule has 1 aromatic rings. The number of carboxylic acids is 1. The van der Waals surface area contributed by atoms with Crippen molar-refractivity contribution >= 4 is 5.97 Å². The molecule has 0 aromatic heterocycles. The van der Waals surface area contributed by atoms with Crippen LogP contribution >= 0.6 is 0 Å². The minimum absolute atomic E-state index is 0.0590. The van der Waals surface area contributed by atoms with Gasteiger partial charge in [-0.3, -0.25) is 4.79 Å². The molecular formula is C25H39NO4. The van der Waals surface area contributed by atoms with Gasteiger partial charge in [-0.1, -0.05) is 39.2 Å². The zero-order valence-corrected chi connectivity index (χ0v) is 18.9. The Bertz CT molecular complexity index is 722. The van der Waals surface area contributed by atoms with Gasteiger partial charge >= 0.3 is 5.97 Å². The van der Waals surface area contributed by atoms with Crippen molar-refractivity contribution in [1.29, 1.82) is 0 Å². The second kappa shape index (κ2) is 9.69. The first-order chi connectivity index (χ1) is 14.4. The molecule has 1 saturated carbocycles. The molecule has 5 nitrogen and oxygen atoms in total. The van der Waals surface area contributed by atoms with Gasteiger partial charge in [-0.25, -0.2) is 0 Å². The summed E-state index contributed by atoms with van der Waals surface area (Å²) < 4.78 is 5.96. The van der Waals surface area contributed by atoms with Crippen LogP contribution < -0.4 is 5.32 Å². The number of benzene rings is 1. The van der Waals surface area contributed by atoms with Crippen molar-refractivity contribution in [1.82, 2.24) is 5.32 Å². The van der Waals surface area contributed by atoms with Crippen molar-refractivity contribution in [3.63, 3.8) is 0 Å². The van der Waals surface area contributed by atoms with E-state index in [0.717, 1.165) is 57.9 Å². The molecule has 1 aromatic carbocycles. The van der Waals surface area contributed by atoms with E-state index in [1.807, 2.05) is 12.1 Å². The minimum Gasteiger partial charge on any atom is -0.508 e. The van der Waals surface area contributed by atoms with Crippen LogP contribution in [0.1, 0.15) is 82.8 Å². The van der Waals surface area contributed by atoms with Gasteiger partial charge in [-0.2, -0.15) is 0 Å². The molecule has 0 radical (unpaired) electrons. The summed E-state index contributed by atoms with van der Waals surface area (Å²) in [6.45, 7) is 5.24. The second-order valence-corrected chi connectivity index (χ2v) is 9.50. The van der Waals surface area contributed by atoms with E-state index >= 15 is 0 Å². The predicted octanol–water partition coefficient (Wildman–Crippen LogP) is 4.79. The fraction of sp³-hybridized carbons (Fsp3) is 0.720. The summed E-state index contributed by atoms with van der Waals surface area (Å²) in [6.07, 6.45) is 9.49. The fourth-order valence-corrected chi connectivity index (χ4v) is 6.31. The van der Waals surface area contributed by atoms with E-state index in [9.17, 15) is 15.0 Å². The van der Waals surface area contributed by atoms with Gasteiger partial charge in [0.05, 0.1) is 12.5 Å². The lowest BCUT2D eigenvalue weighted by molar-refractivity contribution is -0.140. The molecule has 2 atom stereocenters.